The first-order valence-electron chi connectivity index (χ1n) is 6.84. The largest absolute Gasteiger partial charge is 0.307 e. The van der Waals surface area contributed by atoms with Gasteiger partial charge in [-0.3, -0.25) is 0 Å². The van der Waals surface area contributed by atoms with E-state index in [-0.39, 0.29) is 11.9 Å². The van der Waals surface area contributed by atoms with Crippen molar-refractivity contribution in [3.05, 3.63) is 34.1 Å². The van der Waals surface area contributed by atoms with E-state index in [0.29, 0.717) is 6.04 Å². The summed E-state index contributed by atoms with van der Waals surface area (Å²) in [5.74, 6) is -0.125. The highest BCUT2D eigenvalue weighted by Crippen LogP contribution is 2.29. The highest BCUT2D eigenvalue weighted by atomic mass is 79.9. The van der Waals surface area contributed by atoms with Crippen LogP contribution in [-0.4, -0.2) is 17.5 Å². The van der Waals surface area contributed by atoms with Crippen LogP contribution >= 0.6 is 27.7 Å². The monoisotopic (exact) mass is 345 g/mol. The third kappa shape index (κ3) is 4.20. The molecule has 0 aliphatic heterocycles. The summed E-state index contributed by atoms with van der Waals surface area (Å²) in [5, 5.41) is 4.35. The summed E-state index contributed by atoms with van der Waals surface area (Å²) in [6.45, 7) is 2.05. The third-order valence-corrected chi connectivity index (χ3v) is 5.46. The van der Waals surface area contributed by atoms with E-state index in [9.17, 15) is 4.39 Å². The summed E-state index contributed by atoms with van der Waals surface area (Å²) in [4.78, 5) is 0. The second kappa shape index (κ2) is 7.09. The fourth-order valence-corrected chi connectivity index (χ4v) is 4.01. The molecule has 4 heteroatoms. The molecule has 3 unspecified atom stereocenters. The van der Waals surface area contributed by atoms with Gasteiger partial charge in [-0.15, -0.1) is 0 Å². The number of halogens is 2. The highest BCUT2D eigenvalue weighted by molar-refractivity contribution is 9.10. The molecule has 0 heterocycles. The molecule has 2 rings (SSSR count). The molecule has 0 amide bonds. The first-order valence-corrected chi connectivity index (χ1v) is 8.92. The smallest absolute Gasteiger partial charge is 0.128 e. The van der Waals surface area contributed by atoms with Crippen molar-refractivity contribution in [3.63, 3.8) is 0 Å². The summed E-state index contributed by atoms with van der Waals surface area (Å²) < 4.78 is 14.8. The van der Waals surface area contributed by atoms with Crippen LogP contribution in [0.25, 0.3) is 0 Å². The minimum atomic E-state index is -0.125. The topological polar surface area (TPSA) is 12.0 Å². The van der Waals surface area contributed by atoms with E-state index < -0.39 is 0 Å². The van der Waals surface area contributed by atoms with Crippen LogP contribution in [0, 0.1) is 5.82 Å². The summed E-state index contributed by atoms with van der Waals surface area (Å²) in [6, 6.07) is 5.73. The van der Waals surface area contributed by atoms with Gasteiger partial charge < -0.3 is 5.32 Å². The van der Waals surface area contributed by atoms with Crippen LogP contribution < -0.4 is 5.32 Å². The van der Waals surface area contributed by atoms with Crippen molar-refractivity contribution in [2.75, 3.05) is 6.26 Å². The van der Waals surface area contributed by atoms with Gasteiger partial charge in [0.15, 0.2) is 0 Å². The lowest BCUT2D eigenvalue weighted by Crippen LogP contribution is -2.36. The molecule has 0 radical (unpaired) electrons. The maximum atomic E-state index is 13.9. The van der Waals surface area contributed by atoms with E-state index in [1.165, 1.54) is 31.7 Å². The van der Waals surface area contributed by atoms with Gasteiger partial charge in [-0.05, 0) is 50.6 Å². The van der Waals surface area contributed by atoms with E-state index in [0.717, 1.165) is 15.3 Å². The molecule has 1 fully saturated rings. The van der Waals surface area contributed by atoms with Crippen LogP contribution in [0.3, 0.4) is 0 Å². The molecule has 1 aromatic rings. The Kier molecular flexibility index (Phi) is 5.72. The Bertz CT molecular complexity index is 427. The average Bonchev–Trinajstić information content (AvgIpc) is 2.41. The zero-order chi connectivity index (χ0) is 13.8. The average molecular weight is 346 g/mol. The second-order valence-electron chi connectivity index (χ2n) is 5.28. The molecule has 1 aliphatic rings. The SMILES string of the molecule is CSC1CCCC(NC(C)c2cc(Br)ccc2F)C1. The third-order valence-electron chi connectivity index (χ3n) is 3.87. The zero-order valence-corrected chi connectivity index (χ0v) is 13.9. The van der Waals surface area contributed by atoms with Crippen LogP contribution in [0.5, 0.6) is 0 Å². The minimum Gasteiger partial charge on any atom is -0.307 e. The van der Waals surface area contributed by atoms with Crippen LogP contribution in [0.4, 0.5) is 4.39 Å². The Hall–Kier alpha value is -0.0600. The Balaban J connectivity index is 2.00. The number of nitrogens with one attached hydrogen (secondary N) is 1. The molecular weight excluding hydrogens is 325 g/mol. The van der Waals surface area contributed by atoms with Crippen molar-refractivity contribution in [1.82, 2.24) is 5.32 Å². The normalized spacial score (nSPS) is 25.3. The van der Waals surface area contributed by atoms with E-state index in [1.54, 1.807) is 6.07 Å². The fourth-order valence-electron chi connectivity index (χ4n) is 2.80. The van der Waals surface area contributed by atoms with Gasteiger partial charge in [-0.1, -0.05) is 22.4 Å². The lowest BCUT2D eigenvalue weighted by Gasteiger charge is -2.31. The first-order chi connectivity index (χ1) is 9.10. The van der Waals surface area contributed by atoms with Gasteiger partial charge in [0.1, 0.15) is 5.82 Å². The molecule has 0 aromatic heterocycles. The van der Waals surface area contributed by atoms with E-state index in [1.807, 2.05) is 24.8 Å². The lowest BCUT2D eigenvalue weighted by atomic mass is 9.93. The molecular formula is C15H21BrFNS. The standard InChI is InChI=1S/C15H21BrFNS/c1-10(14-8-11(16)6-7-15(14)17)18-12-4-3-5-13(9-12)19-2/h6-8,10,12-13,18H,3-5,9H2,1-2H3. The maximum Gasteiger partial charge on any atom is 0.128 e. The van der Waals surface area contributed by atoms with Gasteiger partial charge >= 0.3 is 0 Å². The van der Waals surface area contributed by atoms with Crippen LogP contribution in [0.1, 0.15) is 44.2 Å². The molecule has 106 valence electrons. The molecule has 0 bridgehead atoms. The lowest BCUT2D eigenvalue weighted by molar-refractivity contribution is 0.349. The number of thioether (sulfide) groups is 1. The van der Waals surface area contributed by atoms with Gasteiger partial charge in [0, 0.05) is 27.4 Å². The zero-order valence-electron chi connectivity index (χ0n) is 11.5. The Labute approximate surface area is 127 Å². The minimum absolute atomic E-state index is 0.0584. The predicted molar refractivity (Wildman–Crippen MR) is 85.2 cm³/mol. The Morgan fingerprint density at radius 2 is 2.21 bits per heavy atom. The van der Waals surface area contributed by atoms with E-state index in [2.05, 4.69) is 27.5 Å². The molecule has 19 heavy (non-hydrogen) atoms. The predicted octanol–water partition coefficient (Wildman–Crippen LogP) is 4.91. The molecule has 0 saturated heterocycles. The van der Waals surface area contributed by atoms with E-state index >= 15 is 0 Å². The molecule has 1 saturated carbocycles. The maximum absolute atomic E-state index is 13.9. The highest BCUT2D eigenvalue weighted by Gasteiger charge is 2.23. The molecule has 1 nitrogen and oxygen atoms in total. The summed E-state index contributed by atoms with van der Waals surface area (Å²) in [5.41, 5.74) is 0.751. The van der Waals surface area contributed by atoms with Crippen molar-refractivity contribution in [2.45, 2.75) is 49.9 Å². The first kappa shape index (κ1) is 15.3. The quantitative estimate of drug-likeness (QED) is 0.831. The second-order valence-corrected chi connectivity index (χ2v) is 7.33. The molecule has 1 aromatic carbocycles. The van der Waals surface area contributed by atoms with Gasteiger partial charge in [-0.2, -0.15) is 11.8 Å². The number of hydrogen-bond donors (Lipinski definition) is 1. The Morgan fingerprint density at radius 1 is 1.42 bits per heavy atom. The summed E-state index contributed by atoms with van der Waals surface area (Å²) in [6.07, 6.45) is 7.18. The number of rotatable bonds is 4. The van der Waals surface area contributed by atoms with Crippen LogP contribution in [-0.2, 0) is 0 Å². The Morgan fingerprint density at radius 3 is 2.95 bits per heavy atom. The van der Waals surface area contributed by atoms with Gasteiger partial charge in [0.2, 0.25) is 0 Å². The van der Waals surface area contributed by atoms with Gasteiger partial charge in [-0.25, -0.2) is 4.39 Å². The molecule has 0 spiro atoms. The molecule has 1 N–H and O–H groups in total. The van der Waals surface area contributed by atoms with Crippen molar-refractivity contribution in [1.29, 1.82) is 0 Å². The summed E-state index contributed by atoms with van der Waals surface area (Å²) >= 11 is 5.37. The van der Waals surface area contributed by atoms with Crippen LogP contribution in [0.2, 0.25) is 0 Å². The van der Waals surface area contributed by atoms with Crippen molar-refractivity contribution in [3.8, 4) is 0 Å². The van der Waals surface area contributed by atoms with Gasteiger partial charge in [0.25, 0.3) is 0 Å². The van der Waals surface area contributed by atoms with Crippen molar-refractivity contribution >= 4 is 27.7 Å². The van der Waals surface area contributed by atoms with Crippen molar-refractivity contribution < 1.29 is 4.39 Å². The van der Waals surface area contributed by atoms with Crippen LogP contribution in [0.15, 0.2) is 22.7 Å². The van der Waals surface area contributed by atoms with Crippen molar-refractivity contribution in [2.24, 2.45) is 0 Å². The number of hydrogen-bond acceptors (Lipinski definition) is 2. The summed E-state index contributed by atoms with van der Waals surface area (Å²) in [7, 11) is 0. The molecule has 1 aliphatic carbocycles. The van der Waals surface area contributed by atoms with E-state index in [4.69, 9.17) is 0 Å². The fraction of sp³-hybridized carbons (Fsp3) is 0.600. The van der Waals surface area contributed by atoms with Gasteiger partial charge in [0.05, 0.1) is 0 Å². The molecule has 3 atom stereocenters. The number of benzene rings is 1.